The molecule has 0 bridgehead atoms. The molecule has 1 aromatic heterocycles. The predicted molar refractivity (Wildman–Crippen MR) is 54.4 cm³/mol. The van der Waals surface area contributed by atoms with Crippen LogP contribution in [0.3, 0.4) is 0 Å². The van der Waals surface area contributed by atoms with Gasteiger partial charge in [-0.3, -0.25) is 0 Å². The Labute approximate surface area is 82.4 Å². The van der Waals surface area contributed by atoms with E-state index >= 15 is 0 Å². The molecule has 0 aliphatic heterocycles. The first-order valence-corrected chi connectivity index (χ1v) is 5.29. The van der Waals surface area contributed by atoms with E-state index in [0.717, 1.165) is 24.6 Å². The van der Waals surface area contributed by atoms with E-state index in [1.54, 1.807) is 11.3 Å². The van der Waals surface area contributed by atoms with Gasteiger partial charge in [0, 0.05) is 6.54 Å². The third-order valence-corrected chi connectivity index (χ3v) is 2.31. The fraction of sp³-hybridized carbons (Fsp3) is 0.556. The van der Waals surface area contributed by atoms with Crippen LogP contribution in [0.4, 0.5) is 0 Å². The molecule has 1 rings (SSSR count). The SMILES string of the molecule is OCCNCCCOc1cccs1. The maximum absolute atomic E-state index is 8.48. The van der Waals surface area contributed by atoms with Crippen molar-refractivity contribution in [3.05, 3.63) is 17.5 Å². The molecular formula is C9H15NO2S. The monoisotopic (exact) mass is 201 g/mol. The van der Waals surface area contributed by atoms with Gasteiger partial charge in [-0.1, -0.05) is 0 Å². The highest BCUT2D eigenvalue weighted by Gasteiger charge is 1.92. The first kappa shape index (κ1) is 10.5. The second-order valence-electron chi connectivity index (χ2n) is 2.61. The number of ether oxygens (including phenoxy) is 1. The molecule has 0 radical (unpaired) electrons. The van der Waals surface area contributed by atoms with E-state index in [0.29, 0.717) is 6.54 Å². The second-order valence-corrected chi connectivity index (χ2v) is 3.52. The lowest BCUT2D eigenvalue weighted by molar-refractivity contribution is 0.284. The van der Waals surface area contributed by atoms with E-state index in [-0.39, 0.29) is 6.61 Å². The molecule has 0 fully saturated rings. The smallest absolute Gasteiger partial charge is 0.173 e. The molecule has 4 heteroatoms. The minimum absolute atomic E-state index is 0.200. The number of nitrogens with one attached hydrogen (secondary N) is 1. The average molecular weight is 201 g/mol. The Bertz CT molecular complexity index is 201. The normalized spacial score (nSPS) is 10.2. The molecule has 0 unspecified atom stereocenters. The number of aliphatic hydroxyl groups is 1. The third kappa shape index (κ3) is 4.87. The minimum Gasteiger partial charge on any atom is -0.484 e. The summed E-state index contributed by atoms with van der Waals surface area (Å²) in [6, 6.07) is 3.94. The van der Waals surface area contributed by atoms with E-state index < -0.39 is 0 Å². The van der Waals surface area contributed by atoms with Crippen molar-refractivity contribution in [3.63, 3.8) is 0 Å². The summed E-state index contributed by atoms with van der Waals surface area (Å²) >= 11 is 1.61. The quantitative estimate of drug-likeness (QED) is 0.649. The van der Waals surface area contributed by atoms with Gasteiger partial charge in [-0.25, -0.2) is 0 Å². The fourth-order valence-electron chi connectivity index (χ4n) is 0.920. The van der Waals surface area contributed by atoms with Gasteiger partial charge in [0.25, 0.3) is 0 Å². The lowest BCUT2D eigenvalue weighted by atomic mass is 10.4. The molecule has 0 aliphatic rings. The van der Waals surface area contributed by atoms with Gasteiger partial charge < -0.3 is 15.2 Å². The Morgan fingerprint density at radius 3 is 3.08 bits per heavy atom. The molecule has 0 saturated heterocycles. The van der Waals surface area contributed by atoms with Crippen molar-refractivity contribution >= 4 is 11.3 Å². The lowest BCUT2D eigenvalue weighted by Crippen LogP contribution is -2.20. The zero-order chi connectivity index (χ0) is 9.36. The lowest BCUT2D eigenvalue weighted by Gasteiger charge is -2.03. The zero-order valence-corrected chi connectivity index (χ0v) is 8.35. The molecule has 2 N–H and O–H groups in total. The maximum atomic E-state index is 8.48. The average Bonchev–Trinajstić information content (AvgIpc) is 2.63. The number of aliphatic hydroxyl groups excluding tert-OH is 1. The van der Waals surface area contributed by atoms with Crippen molar-refractivity contribution in [1.29, 1.82) is 0 Å². The summed E-state index contributed by atoms with van der Waals surface area (Å²) in [6.07, 6.45) is 0.970. The molecule has 74 valence electrons. The number of thiophene rings is 1. The Balaban J connectivity index is 1.90. The van der Waals surface area contributed by atoms with Crippen molar-refractivity contribution in [2.24, 2.45) is 0 Å². The van der Waals surface area contributed by atoms with Gasteiger partial charge in [-0.2, -0.15) is 0 Å². The fourth-order valence-corrected chi connectivity index (χ4v) is 1.52. The molecule has 0 atom stereocenters. The highest BCUT2D eigenvalue weighted by Crippen LogP contribution is 2.17. The third-order valence-electron chi connectivity index (χ3n) is 1.53. The molecule has 0 spiro atoms. The Hall–Kier alpha value is -0.580. The van der Waals surface area contributed by atoms with Crippen LogP contribution in [0.15, 0.2) is 17.5 Å². The largest absolute Gasteiger partial charge is 0.484 e. The molecule has 0 aliphatic carbocycles. The van der Waals surface area contributed by atoms with Crippen LogP contribution < -0.4 is 10.1 Å². The van der Waals surface area contributed by atoms with Crippen LogP contribution in [0.1, 0.15) is 6.42 Å². The van der Waals surface area contributed by atoms with Crippen molar-refractivity contribution in [1.82, 2.24) is 5.32 Å². The summed E-state index contributed by atoms with van der Waals surface area (Å²) in [5.74, 6) is 0. The van der Waals surface area contributed by atoms with Crippen LogP contribution in [-0.4, -0.2) is 31.4 Å². The van der Waals surface area contributed by atoms with Gasteiger partial charge in [0.2, 0.25) is 0 Å². The van der Waals surface area contributed by atoms with E-state index in [2.05, 4.69) is 5.32 Å². The summed E-state index contributed by atoms with van der Waals surface area (Å²) in [5.41, 5.74) is 0. The van der Waals surface area contributed by atoms with E-state index in [9.17, 15) is 0 Å². The van der Waals surface area contributed by atoms with E-state index in [4.69, 9.17) is 9.84 Å². The molecule has 0 amide bonds. The number of hydrogen-bond donors (Lipinski definition) is 2. The van der Waals surface area contributed by atoms with Crippen molar-refractivity contribution in [2.75, 3.05) is 26.3 Å². The van der Waals surface area contributed by atoms with Crippen molar-refractivity contribution < 1.29 is 9.84 Å². The van der Waals surface area contributed by atoms with Crippen LogP contribution in [0.25, 0.3) is 0 Å². The van der Waals surface area contributed by atoms with Crippen LogP contribution in [0.5, 0.6) is 5.06 Å². The van der Waals surface area contributed by atoms with Crippen LogP contribution in [0, 0.1) is 0 Å². The zero-order valence-electron chi connectivity index (χ0n) is 7.53. The van der Waals surface area contributed by atoms with Gasteiger partial charge in [0.05, 0.1) is 13.2 Å². The standard InChI is InChI=1S/C9H15NO2S/c11-6-5-10-4-2-7-12-9-3-1-8-13-9/h1,3,8,10-11H,2,4-7H2. The summed E-state index contributed by atoms with van der Waals surface area (Å²) in [7, 11) is 0. The molecule has 3 nitrogen and oxygen atoms in total. The van der Waals surface area contributed by atoms with Gasteiger partial charge >= 0.3 is 0 Å². The number of hydrogen-bond acceptors (Lipinski definition) is 4. The number of rotatable bonds is 7. The van der Waals surface area contributed by atoms with Gasteiger partial charge in [0.15, 0.2) is 5.06 Å². The highest BCUT2D eigenvalue weighted by atomic mass is 32.1. The summed E-state index contributed by atoms with van der Waals surface area (Å²) in [5, 5.41) is 14.5. The summed E-state index contributed by atoms with van der Waals surface area (Å²) in [4.78, 5) is 0. The van der Waals surface area contributed by atoms with E-state index in [1.807, 2.05) is 17.5 Å². The molecule has 0 aromatic carbocycles. The second kappa shape index (κ2) is 6.88. The Morgan fingerprint density at radius 2 is 2.38 bits per heavy atom. The molecule has 1 heterocycles. The van der Waals surface area contributed by atoms with Gasteiger partial charge in [0.1, 0.15) is 0 Å². The molecule has 1 aromatic rings. The highest BCUT2D eigenvalue weighted by molar-refractivity contribution is 7.11. The Kier molecular flexibility index (Phi) is 5.56. The first-order valence-electron chi connectivity index (χ1n) is 4.41. The minimum atomic E-state index is 0.200. The molecule has 0 saturated carbocycles. The predicted octanol–water partition coefficient (Wildman–Crippen LogP) is 1.10. The van der Waals surface area contributed by atoms with Gasteiger partial charge in [-0.15, -0.1) is 11.3 Å². The van der Waals surface area contributed by atoms with Crippen molar-refractivity contribution in [2.45, 2.75) is 6.42 Å². The first-order chi connectivity index (χ1) is 6.43. The Morgan fingerprint density at radius 1 is 1.46 bits per heavy atom. The topological polar surface area (TPSA) is 41.5 Å². The maximum Gasteiger partial charge on any atom is 0.173 e. The van der Waals surface area contributed by atoms with Crippen LogP contribution in [-0.2, 0) is 0 Å². The molecular weight excluding hydrogens is 186 g/mol. The van der Waals surface area contributed by atoms with Crippen LogP contribution in [0.2, 0.25) is 0 Å². The van der Waals surface area contributed by atoms with E-state index in [1.165, 1.54) is 0 Å². The van der Waals surface area contributed by atoms with Crippen LogP contribution >= 0.6 is 11.3 Å². The molecule has 13 heavy (non-hydrogen) atoms. The summed E-state index contributed by atoms with van der Waals surface area (Å²) < 4.78 is 5.44. The van der Waals surface area contributed by atoms with Gasteiger partial charge in [-0.05, 0) is 30.5 Å². The summed E-state index contributed by atoms with van der Waals surface area (Å²) in [6.45, 7) is 2.50. The van der Waals surface area contributed by atoms with Crippen molar-refractivity contribution in [3.8, 4) is 5.06 Å².